The minimum Gasteiger partial charge on any atom is -1.00 e. The average Bonchev–Trinajstić information content (AvgIpc) is 2.94. The van der Waals surface area contributed by atoms with Crippen LogP contribution in [0.4, 0.5) is 5.69 Å². The van der Waals surface area contributed by atoms with Gasteiger partial charge in [-0.1, -0.05) is 66.7 Å². The molecule has 208 valence electrons. The highest BCUT2D eigenvalue weighted by Gasteiger charge is 2.26. The molecular weight excluding hydrogens is 578 g/mol. The number of aromatic hydroxyl groups is 2. The van der Waals surface area contributed by atoms with Gasteiger partial charge in [-0.2, -0.15) is 0 Å². The molecule has 10 nitrogen and oxygen atoms in total. The number of nitrogens with one attached hydrogen (secondary N) is 2. The summed E-state index contributed by atoms with van der Waals surface area (Å²) in [5.74, 6) is -1.80. The summed E-state index contributed by atoms with van der Waals surface area (Å²) in [6.07, 6.45) is 0.142. The fraction of sp³-hybridized carbons (Fsp3) is 0.207. The van der Waals surface area contributed by atoms with Gasteiger partial charge < -0.3 is 43.6 Å². The number of halogens is 1. The third kappa shape index (κ3) is 6.61. The molecule has 0 aliphatic rings. The van der Waals surface area contributed by atoms with E-state index in [0.29, 0.717) is 16.2 Å². The maximum atomic E-state index is 13.2. The van der Waals surface area contributed by atoms with Crippen LogP contribution in [0.5, 0.6) is 11.5 Å². The van der Waals surface area contributed by atoms with Gasteiger partial charge in [0.2, 0.25) is 5.91 Å². The Kier molecular flexibility index (Phi) is 9.92. The predicted octanol–water partition coefficient (Wildman–Crippen LogP) is -0.119. The Morgan fingerprint density at radius 3 is 2.05 bits per heavy atom. The molecule has 0 saturated heterocycles. The molecule has 0 saturated carbocycles. The summed E-state index contributed by atoms with van der Waals surface area (Å²) in [4.78, 5) is 38.0. The van der Waals surface area contributed by atoms with Gasteiger partial charge in [0.1, 0.15) is 23.6 Å². The van der Waals surface area contributed by atoms with Crippen LogP contribution in [0.15, 0.2) is 83.0 Å². The van der Waals surface area contributed by atoms with Gasteiger partial charge in [0.15, 0.2) is 6.04 Å². The Morgan fingerprint density at radius 1 is 0.800 bits per heavy atom. The monoisotopic (exact) mass is 607 g/mol. The largest absolute Gasteiger partial charge is 1.00 e. The lowest BCUT2D eigenvalue weighted by molar-refractivity contribution is -0.398. The molecule has 0 heterocycles. The lowest BCUT2D eigenvalue weighted by Gasteiger charge is -2.19. The van der Waals surface area contributed by atoms with Gasteiger partial charge in [0.25, 0.3) is 11.8 Å². The SMILES string of the molecule is C[C@H]([NH3+])C(=O)N[C@@H](C)C(=O)N[C@H](Cc1ccccc1)C(=O)N=Nc1cccc2c(O)c3ccccc3c(O)c12.[Br-]. The molecule has 4 aromatic carbocycles. The van der Waals surface area contributed by atoms with Crippen molar-refractivity contribution in [1.82, 2.24) is 10.6 Å². The van der Waals surface area contributed by atoms with Crippen molar-refractivity contribution < 1.29 is 47.3 Å². The van der Waals surface area contributed by atoms with E-state index < -0.39 is 35.8 Å². The fourth-order valence-electron chi connectivity index (χ4n) is 4.19. The molecule has 11 heteroatoms. The summed E-state index contributed by atoms with van der Waals surface area (Å²) >= 11 is 0. The predicted molar refractivity (Wildman–Crippen MR) is 146 cm³/mol. The van der Waals surface area contributed by atoms with Crippen molar-refractivity contribution in [2.45, 2.75) is 38.4 Å². The van der Waals surface area contributed by atoms with E-state index in [9.17, 15) is 24.6 Å². The van der Waals surface area contributed by atoms with E-state index in [2.05, 4.69) is 26.6 Å². The molecule has 3 amide bonds. The Balaban J connectivity index is 0.00000441. The number of azo groups is 1. The number of phenols is 2. The van der Waals surface area contributed by atoms with E-state index in [1.165, 1.54) is 6.92 Å². The van der Waals surface area contributed by atoms with E-state index in [1.807, 2.05) is 30.3 Å². The minimum atomic E-state index is -1.07. The quantitative estimate of drug-likeness (QED) is 0.107. The van der Waals surface area contributed by atoms with Gasteiger partial charge in [-0.05, 0) is 25.5 Å². The molecule has 3 atom stereocenters. The molecule has 0 aliphatic heterocycles. The van der Waals surface area contributed by atoms with Gasteiger partial charge in [-0.25, -0.2) is 0 Å². The molecule has 0 aliphatic carbocycles. The second-order valence-corrected chi connectivity index (χ2v) is 9.36. The molecule has 0 unspecified atom stereocenters. The van der Waals surface area contributed by atoms with Gasteiger partial charge in [0, 0.05) is 22.6 Å². The second-order valence-electron chi connectivity index (χ2n) is 9.36. The third-order valence-electron chi connectivity index (χ3n) is 6.32. The number of nitrogens with zero attached hydrogens (tertiary/aromatic N) is 2. The van der Waals surface area contributed by atoms with Crippen molar-refractivity contribution in [1.29, 1.82) is 0 Å². The van der Waals surface area contributed by atoms with Gasteiger partial charge in [-0.3, -0.25) is 14.4 Å². The van der Waals surface area contributed by atoms with E-state index >= 15 is 0 Å². The zero-order valence-corrected chi connectivity index (χ0v) is 23.6. The van der Waals surface area contributed by atoms with Crippen molar-refractivity contribution in [3.05, 3.63) is 78.4 Å². The molecule has 0 radical (unpaired) electrons. The van der Waals surface area contributed by atoms with Crippen LogP contribution in [0.1, 0.15) is 19.4 Å². The highest BCUT2D eigenvalue weighted by atomic mass is 79.9. The van der Waals surface area contributed by atoms with Gasteiger partial charge in [0.05, 0.1) is 11.1 Å². The van der Waals surface area contributed by atoms with E-state index in [4.69, 9.17) is 0 Å². The normalized spacial score (nSPS) is 13.4. The molecule has 4 aromatic rings. The number of fused-ring (bicyclic) bond motifs is 2. The van der Waals surface area contributed by atoms with E-state index in [-0.39, 0.29) is 46.0 Å². The minimum absolute atomic E-state index is 0. The van der Waals surface area contributed by atoms with Gasteiger partial charge in [-0.15, -0.1) is 10.2 Å². The topological polar surface area (TPSA) is 168 Å². The number of benzene rings is 4. The van der Waals surface area contributed by atoms with Crippen LogP contribution in [-0.2, 0) is 20.8 Å². The van der Waals surface area contributed by atoms with Crippen molar-refractivity contribution in [2.75, 3.05) is 0 Å². The summed E-state index contributed by atoms with van der Waals surface area (Å²) in [7, 11) is 0. The molecule has 4 rings (SSSR count). The number of hydrogen-bond donors (Lipinski definition) is 5. The first-order valence-electron chi connectivity index (χ1n) is 12.5. The van der Waals surface area contributed by atoms with Crippen LogP contribution in [0.3, 0.4) is 0 Å². The van der Waals surface area contributed by atoms with E-state index in [0.717, 1.165) is 5.56 Å². The Labute approximate surface area is 241 Å². The molecule has 7 N–H and O–H groups in total. The molecule has 0 spiro atoms. The lowest BCUT2D eigenvalue weighted by Crippen LogP contribution is -3.00. The first-order valence-corrected chi connectivity index (χ1v) is 12.5. The van der Waals surface area contributed by atoms with Crippen LogP contribution < -0.4 is 33.3 Å². The Bertz CT molecular complexity index is 1580. The summed E-state index contributed by atoms with van der Waals surface area (Å²) in [5.41, 5.74) is 4.60. The van der Waals surface area contributed by atoms with Crippen molar-refractivity contribution in [3.63, 3.8) is 0 Å². The van der Waals surface area contributed by atoms with Crippen molar-refractivity contribution >= 4 is 45.0 Å². The summed E-state index contributed by atoms with van der Waals surface area (Å²) in [6.45, 7) is 3.12. The summed E-state index contributed by atoms with van der Waals surface area (Å²) in [5, 5.41) is 36.5. The number of phenolic OH excluding ortho intramolecular Hbond substituents is 2. The van der Waals surface area contributed by atoms with Crippen LogP contribution in [0.2, 0.25) is 0 Å². The average molecular weight is 608 g/mol. The van der Waals surface area contributed by atoms with Crippen LogP contribution in [-0.4, -0.2) is 46.1 Å². The van der Waals surface area contributed by atoms with Crippen LogP contribution in [0, 0.1) is 0 Å². The van der Waals surface area contributed by atoms with Crippen LogP contribution >= 0.6 is 0 Å². The Hall–Kier alpha value is -4.35. The molecular formula is C29H30BrN5O5. The first-order chi connectivity index (χ1) is 18.7. The number of rotatable bonds is 8. The smallest absolute Gasteiger partial charge is 0.287 e. The third-order valence-corrected chi connectivity index (χ3v) is 6.32. The fourth-order valence-corrected chi connectivity index (χ4v) is 4.19. The highest BCUT2D eigenvalue weighted by molar-refractivity contribution is 6.14. The summed E-state index contributed by atoms with van der Waals surface area (Å²) in [6, 6.07) is 18.3. The molecule has 0 fully saturated rings. The first kappa shape index (κ1) is 30.2. The number of quaternary nitrogens is 1. The molecule has 0 aromatic heterocycles. The second kappa shape index (κ2) is 13.1. The van der Waals surface area contributed by atoms with Crippen LogP contribution in [0.25, 0.3) is 21.5 Å². The zero-order chi connectivity index (χ0) is 28.1. The maximum absolute atomic E-state index is 13.2. The maximum Gasteiger partial charge on any atom is 0.287 e. The molecule has 0 bridgehead atoms. The number of carbonyl (C=O) groups is 3. The number of hydrogen-bond acceptors (Lipinski definition) is 6. The lowest BCUT2D eigenvalue weighted by atomic mass is 9.99. The summed E-state index contributed by atoms with van der Waals surface area (Å²) < 4.78 is 0. The number of carbonyl (C=O) groups excluding carboxylic acids is 3. The van der Waals surface area contributed by atoms with Gasteiger partial charge >= 0.3 is 0 Å². The van der Waals surface area contributed by atoms with Crippen molar-refractivity contribution in [2.24, 2.45) is 10.2 Å². The van der Waals surface area contributed by atoms with Crippen molar-refractivity contribution in [3.8, 4) is 11.5 Å². The zero-order valence-electron chi connectivity index (χ0n) is 22.0. The molecule has 40 heavy (non-hydrogen) atoms. The number of amides is 3. The highest BCUT2D eigenvalue weighted by Crippen LogP contribution is 2.45. The Morgan fingerprint density at radius 2 is 1.40 bits per heavy atom. The van der Waals surface area contributed by atoms with E-state index in [1.54, 1.807) is 49.4 Å². The standard InChI is InChI=1S/C29H29N5O5.BrH/c1-16(30)27(37)31-17(2)28(38)32-23(15-18-9-4-3-5-10-18)29(39)34-33-22-14-8-13-21-24(22)26(36)20-12-7-6-11-19(20)25(21)35;/h3-14,16-17,23,35-36H,15,30H2,1-2H3,(H,31,37)(H,32,38);1H/t16-,17-,23+;/m0./s1.